The Hall–Kier alpha value is -3.03. The van der Waals surface area contributed by atoms with Gasteiger partial charge in [-0.2, -0.15) is 0 Å². The summed E-state index contributed by atoms with van der Waals surface area (Å²) in [6.07, 6.45) is 0.671. The average molecular weight is 471 g/mol. The van der Waals surface area contributed by atoms with Crippen LogP contribution < -0.4 is 9.04 Å². The lowest BCUT2D eigenvalue weighted by Crippen LogP contribution is -2.32. The third-order valence-corrected chi connectivity index (χ3v) is 7.43. The lowest BCUT2D eigenvalue weighted by Gasteiger charge is -2.21. The Kier molecular flexibility index (Phi) is 6.39. The summed E-state index contributed by atoms with van der Waals surface area (Å²) in [6.45, 7) is 1.03. The molecule has 1 aliphatic heterocycles. The van der Waals surface area contributed by atoms with Crippen LogP contribution in [0.1, 0.15) is 15.9 Å². The molecule has 0 radical (unpaired) electrons. The van der Waals surface area contributed by atoms with Crippen molar-refractivity contribution in [2.75, 3.05) is 31.0 Å². The highest BCUT2D eigenvalue weighted by Gasteiger charge is 2.31. The Labute approximate surface area is 193 Å². The Morgan fingerprint density at radius 2 is 1.81 bits per heavy atom. The molecule has 0 bridgehead atoms. The lowest BCUT2D eigenvalue weighted by molar-refractivity contribution is 0.0773. The number of fused-ring (bicyclic) bond motifs is 1. The first-order valence-electron chi connectivity index (χ1n) is 10.2. The van der Waals surface area contributed by atoms with Crippen molar-refractivity contribution < 1.29 is 17.9 Å². The molecule has 0 aromatic heterocycles. The van der Waals surface area contributed by atoms with Gasteiger partial charge in [-0.05, 0) is 60.5 Å². The van der Waals surface area contributed by atoms with Crippen LogP contribution in [0.25, 0.3) is 0 Å². The molecule has 3 aromatic rings. The largest absolute Gasteiger partial charge is 0.492 e. The Morgan fingerprint density at radius 3 is 2.59 bits per heavy atom. The van der Waals surface area contributed by atoms with E-state index < -0.39 is 10.0 Å². The number of carbonyl (C=O) groups is 1. The molecule has 166 valence electrons. The molecule has 0 saturated heterocycles. The fourth-order valence-electron chi connectivity index (χ4n) is 3.63. The summed E-state index contributed by atoms with van der Waals surface area (Å²) < 4.78 is 33.6. The normalized spacial score (nSPS) is 13.0. The van der Waals surface area contributed by atoms with Crippen LogP contribution in [-0.4, -0.2) is 46.0 Å². The number of nitrogens with zero attached hydrogens (tertiary/aromatic N) is 2. The number of likely N-dealkylation sites (N-methyl/N-ethyl adjacent to an activating group) is 1. The van der Waals surface area contributed by atoms with Gasteiger partial charge in [-0.15, -0.1) is 0 Å². The summed E-state index contributed by atoms with van der Waals surface area (Å²) in [5.41, 5.74) is 2.01. The quantitative estimate of drug-likeness (QED) is 0.518. The highest BCUT2D eigenvalue weighted by Crippen LogP contribution is 2.32. The number of carbonyl (C=O) groups excluding carboxylic acids is 1. The molecule has 8 heteroatoms. The average Bonchev–Trinajstić information content (AvgIpc) is 3.25. The van der Waals surface area contributed by atoms with Crippen LogP contribution in [-0.2, 0) is 16.4 Å². The molecule has 1 heterocycles. The van der Waals surface area contributed by atoms with Gasteiger partial charge in [0.2, 0.25) is 0 Å². The number of ether oxygens (including phenoxy) is 1. The zero-order valence-electron chi connectivity index (χ0n) is 17.6. The number of sulfonamides is 1. The summed E-state index contributed by atoms with van der Waals surface area (Å²) in [5, 5.41) is 0.622. The van der Waals surface area contributed by atoms with E-state index in [1.165, 1.54) is 21.3 Å². The number of para-hydroxylation sites is 1. The highest BCUT2D eigenvalue weighted by molar-refractivity contribution is 7.92. The van der Waals surface area contributed by atoms with Gasteiger partial charge in [0.25, 0.3) is 15.9 Å². The summed E-state index contributed by atoms with van der Waals surface area (Å²) in [6, 6.07) is 20.6. The Bertz CT molecular complexity index is 1230. The Balaban J connectivity index is 1.45. The summed E-state index contributed by atoms with van der Waals surface area (Å²) in [5.74, 6) is 0.387. The van der Waals surface area contributed by atoms with Gasteiger partial charge in [0.15, 0.2) is 0 Å². The second-order valence-electron chi connectivity index (χ2n) is 7.51. The minimum atomic E-state index is -3.76. The fourth-order valence-corrected chi connectivity index (χ4v) is 5.30. The van der Waals surface area contributed by atoms with E-state index in [0.717, 1.165) is 5.56 Å². The van der Waals surface area contributed by atoms with Gasteiger partial charge in [0.05, 0.1) is 17.1 Å². The van der Waals surface area contributed by atoms with E-state index in [4.69, 9.17) is 16.3 Å². The highest BCUT2D eigenvalue weighted by atomic mass is 35.5. The van der Waals surface area contributed by atoms with Crippen molar-refractivity contribution in [1.29, 1.82) is 0 Å². The van der Waals surface area contributed by atoms with Crippen LogP contribution in [0.4, 0.5) is 5.69 Å². The zero-order chi connectivity index (χ0) is 22.7. The van der Waals surface area contributed by atoms with E-state index in [-0.39, 0.29) is 10.8 Å². The van der Waals surface area contributed by atoms with Crippen molar-refractivity contribution in [3.63, 3.8) is 0 Å². The summed E-state index contributed by atoms with van der Waals surface area (Å²) in [7, 11) is -2.11. The van der Waals surface area contributed by atoms with Crippen LogP contribution in [0, 0.1) is 0 Å². The zero-order valence-corrected chi connectivity index (χ0v) is 19.1. The summed E-state index contributed by atoms with van der Waals surface area (Å²) in [4.78, 5) is 14.5. The monoisotopic (exact) mass is 470 g/mol. The number of hydrogen-bond donors (Lipinski definition) is 0. The molecule has 3 aromatic carbocycles. The van der Waals surface area contributed by atoms with E-state index in [1.54, 1.807) is 43.4 Å². The maximum absolute atomic E-state index is 13.3. The molecular formula is C24H23ClN2O4S. The van der Waals surface area contributed by atoms with Gasteiger partial charge in [0.1, 0.15) is 12.4 Å². The van der Waals surface area contributed by atoms with Gasteiger partial charge in [-0.1, -0.05) is 35.9 Å². The molecule has 0 aliphatic carbocycles. The van der Waals surface area contributed by atoms with E-state index in [2.05, 4.69) is 0 Å². The van der Waals surface area contributed by atoms with E-state index in [9.17, 15) is 13.2 Å². The Morgan fingerprint density at radius 1 is 1.06 bits per heavy atom. The predicted octanol–water partition coefficient (Wildman–Crippen LogP) is 4.24. The number of halogens is 1. The molecule has 0 saturated carbocycles. The van der Waals surface area contributed by atoms with E-state index in [1.807, 2.05) is 24.3 Å². The van der Waals surface area contributed by atoms with Crippen molar-refractivity contribution in [3.8, 4) is 5.75 Å². The first-order valence-corrected chi connectivity index (χ1v) is 12.0. The topological polar surface area (TPSA) is 66.9 Å². The summed E-state index contributed by atoms with van der Waals surface area (Å²) >= 11 is 5.86. The molecule has 32 heavy (non-hydrogen) atoms. The molecule has 0 fully saturated rings. The standard InChI is InChI=1S/C24H23ClN2O4S/c1-26(15-16-31-21-11-9-20(25)10-12-21)24(28)19-6-4-7-22(17-19)32(29,30)27-14-13-18-5-2-3-8-23(18)27/h2-12,17H,13-16H2,1H3. The lowest BCUT2D eigenvalue weighted by atomic mass is 10.2. The maximum Gasteiger partial charge on any atom is 0.264 e. The van der Waals surface area contributed by atoms with Gasteiger partial charge in [-0.3, -0.25) is 9.10 Å². The molecule has 0 atom stereocenters. The fraction of sp³-hybridized carbons (Fsp3) is 0.208. The molecule has 1 aliphatic rings. The van der Waals surface area contributed by atoms with Crippen LogP contribution in [0.3, 0.4) is 0 Å². The second kappa shape index (κ2) is 9.22. The number of rotatable bonds is 7. The number of hydrogen-bond acceptors (Lipinski definition) is 4. The SMILES string of the molecule is CN(CCOc1ccc(Cl)cc1)C(=O)c1cccc(S(=O)(=O)N2CCc3ccccc32)c1. The first-order chi connectivity index (χ1) is 15.4. The van der Waals surface area contributed by atoms with Crippen molar-refractivity contribution in [2.24, 2.45) is 0 Å². The van der Waals surface area contributed by atoms with Crippen molar-refractivity contribution >= 4 is 33.2 Å². The van der Waals surface area contributed by atoms with Crippen molar-refractivity contribution in [2.45, 2.75) is 11.3 Å². The van der Waals surface area contributed by atoms with Crippen LogP contribution in [0.15, 0.2) is 77.7 Å². The van der Waals surface area contributed by atoms with Crippen molar-refractivity contribution in [1.82, 2.24) is 4.90 Å². The van der Waals surface area contributed by atoms with Crippen LogP contribution in [0.5, 0.6) is 5.75 Å². The molecule has 0 unspecified atom stereocenters. The van der Waals surface area contributed by atoms with Crippen LogP contribution >= 0.6 is 11.6 Å². The maximum atomic E-state index is 13.3. The third kappa shape index (κ3) is 4.59. The van der Waals surface area contributed by atoms with Gasteiger partial charge in [0, 0.05) is 24.2 Å². The second-order valence-corrected chi connectivity index (χ2v) is 9.81. The van der Waals surface area contributed by atoms with Gasteiger partial charge in [-0.25, -0.2) is 8.42 Å². The van der Waals surface area contributed by atoms with Crippen molar-refractivity contribution in [3.05, 3.63) is 88.9 Å². The smallest absolute Gasteiger partial charge is 0.264 e. The molecule has 0 spiro atoms. The van der Waals surface area contributed by atoms with E-state index in [0.29, 0.717) is 48.1 Å². The number of benzene rings is 3. The molecule has 6 nitrogen and oxygen atoms in total. The minimum absolute atomic E-state index is 0.103. The molecule has 0 N–H and O–H groups in total. The van der Waals surface area contributed by atoms with Crippen LogP contribution in [0.2, 0.25) is 5.02 Å². The van der Waals surface area contributed by atoms with Gasteiger partial charge < -0.3 is 9.64 Å². The third-order valence-electron chi connectivity index (χ3n) is 5.37. The number of amides is 1. The minimum Gasteiger partial charge on any atom is -0.492 e. The molecule has 4 rings (SSSR count). The molecule has 1 amide bonds. The van der Waals surface area contributed by atoms with E-state index >= 15 is 0 Å². The predicted molar refractivity (Wildman–Crippen MR) is 125 cm³/mol. The molecular weight excluding hydrogens is 448 g/mol. The number of anilines is 1. The van der Waals surface area contributed by atoms with Gasteiger partial charge >= 0.3 is 0 Å². The first kappa shape index (κ1) is 22.2.